The summed E-state index contributed by atoms with van der Waals surface area (Å²) in [7, 11) is 1.62. The summed E-state index contributed by atoms with van der Waals surface area (Å²) in [6.07, 6.45) is 0. The molecule has 3 rings (SSSR count). The van der Waals surface area contributed by atoms with Crippen molar-refractivity contribution in [2.75, 3.05) is 31.1 Å². The van der Waals surface area contributed by atoms with Gasteiger partial charge < -0.3 is 24.8 Å². The number of fused-ring (bicyclic) bond motifs is 1. The van der Waals surface area contributed by atoms with E-state index in [1.54, 1.807) is 25.3 Å². The Morgan fingerprint density at radius 2 is 1.88 bits per heavy atom. The second-order valence-electron chi connectivity index (χ2n) is 7.13. The lowest BCUT2D eigenvalue weighted by Crippen LogP contribution is -2.22. The standard InChI is InChI=1S/C20H24N2O4/c1-20(2,3)13-5-7-16(24-4)15(9-13)21-11-19(23)22-14-6-8-17-18(10-14)26-12-25-17/h5-10,21H,11-12H2,1-4H3,(H,22,23). The summed E-state index contributed by atoms with van der Waals surface area (Å²) in [5.41, 5.74) is 2.63. The molecule has 0 aliphatic carbocycles. The quantitative estimate of drug-likeness (QED) is 0.853. The van der Waals surface area contributed by atoms with Crippen molar-refractivity contribution in [3.8, 4) is 17.2 Å². The SMILES string of the molecule is COc1ccc(C(C)(C)C)cc1NCC(=O)Nc1ccc2c(c1)OCO2. The van der Waals surface area contributed by atoms with Crippen LogP contribution in [0.2, 0.25) is 0 Å². The highest BCUT2D eigenvalue weighted by molar-refractivity contribution is 5.94. The van der Waals surface area contributed by atoms with E-state index < -0.39 is 0 Å². The Balaban J connectivity index is 1.65. The lowest BCUT2D eigenvalue weighted by molar-refractivity contribution is -0.114. The fourth-order valence-electron chi connectivity index (χ4n) is 2.67. The molecule has 0 bridgehead atoms. The number of carbonyl (C=O) groups is 1. The van der Waals surface area contributed by atoms with Gasteiger partial charge in [-0.3, -0.25) is 4.79 Å². The average molecular weight is 356 g/mol. The van der Waals surface area contributed by atoms with Crippen LogP contribution in [0.25, 0.3) is 0 Å². The van der Waals surface area contributed by atoms with E-state index in [2.05, 4.69) is 31.4 Å². The minimum atomic E-state index is -0.160. The van der Waals surface area contributed by atoms with E-state index in [0.717, 1.165) is 11.3 Å². The highest BCUT2D eigenvalue weighted by Crippen LogP contribution is 2.34. The summed E-state index contributed by atoms with van der Waals surface area (Å²) in [6, 6.07) is 11.3. The molecular weight excluding hydrogens is 332 g/mol. The highest BCUT2D eigenvalue weighted by atomic mass is 16.7. The number of rotatable bonds is 5. The van der Waals surface area contributed by atoms with Gasteiger partial charge in [-0.15, -0.1) is 0 Å². The number of hydrogen-bond acceptors (Lipinski definition) is 5. The van der Waals surface area contributed by atoms with Crippen molar-refractivity contribution in [2.24, 2.45) is 0 Å². The first-order valence-electron chi connectivity index (χ1n) is 8.49. The van der Waals surface area contributed by atoms with Gasteiger partial charge in [-0.2, -0.15) is 0 Å². The molecule has 6 heteroatoms. The molecule has 2 aromatic carbocycles. The normalized spacial score (nSPS) is 12.6. The maximum Gasteiger partial charge on any atom is 0.243 e. The largest absolute Gasteiger partial charge is 0.495 e. The van der Waals surface area contributed by atoms with E-state index in [-0.39, 0.29) is 24.7 Å². The fourth-order valence-corrected chi connectivity index (χ4v) is 2.67. The number of carbonyl (C=O) groups excluding carboxylic acids is 1. The van der Waals surface area contributed by atoms with Gasteiger partial charge in [0.25, 0.3) is 0 Å². The van der Waals surface area contributed by atoms with Crippen molar-refractivity contribution in [2.45, 2.75) is 26.2 Å². The minimum absolute atomic E-state index is 0.0114. The van der Waals surface area contributed by atoms with Gasteiger partial charge >= 0.3 is 0 Å². The molecule has 26 heavy (non-hydrogen) atoms. The third kappa shape index (κ3) is 4.02. The lowest BCUT2D eigenvalue weighted by Gasteiger charge is -2.21. The predicted molar refractivity (Wildman–Crippen MR) is 101 cm³/mol. The molecule has 2 aromatic rings. The summed E-state index contributed by atoms with van der Waals surface area (Å²) in [5, 5.41) is 6.00. The first-order chi connectivity index (χ1) is 12.4. The van der Waals surface area contributed by atoms with Gasteiger partial charge in [-0.05, 0) is 35.2 Å². The summed E-state index contributed by atoms with van der Waals surface area (Å²) < 4.78 is 16.0. The van der Waals surface area contributed by atoms with E-state index in [1.807, 2.05) is 18.2 Å². The first kappa shape index (κ1) is 17.9. The molecule has 0 radical (unpaired) electrons. The molecule has 0 saturated carbocycles. The topological polar surface area (TPSA) is 68.8 Å². The predicted octanol–water partition coefficient (Wildman–Crippen LogP) is 3.77. The van der Waals surface area contributed by atoms with Crippen LogP contribution in [0, 0.1) is 0 Å². The Labute approximate surface area is 153 Å². The molecule has 2 N–H and O–H groups in total. The minimum Gasteiger partial charge on any atom is -0.495 e. The van der Waals surface area contributed by atoms with Crippen molar-refractivity contribution >= 4 is 17.3 Å². The molecule has 0 atom stereocenters. The van der Waals surface area contributed by atoms with Gasteiger partial charge in [0, 0.05) is 11.8 Å². The number of nitrogens with one attached hydrogen (secondary N) is 2. The number of amides is 1. The summed E-state index contributed by atoms with van der Waals surface area (Å²) in [5.74, 6) is 1.86. The molecule has 1 aliphatic heterocycles. The second kappa shape index (κ2) is 7.15. The molecule has 1 aliphatic rings. The molecule has 1 amide bonds. The first-order valence-corrected chi connectivity index (χ1v) is 8.49. The maximum absolute atomic E-state index is 12.3. The molecule has 0 fully saturated rings. The van der Waals surface area contributed by atoms with Crippen LogP contribution in [-0.2, 0) is 10.2 Å². The van der Waals surface area contributed by atoms with E-state index in [0.29, 0.717) is 22.9 Å². The Morgan fingerprint density at radius 3 is 2.62 bits per heavy atom. The molecule has 138 valence electrons. The van der Waals surface area contributed by atoms with Crippen LogP contribution in [0.1, 0.15) is 26.3 Å². The second-order valence-corrected chi connectivity index (χ2v) is 7.13. The number of benzene rings is 2. The third-order valence-corrected chi connectivity index (χ3v) is 4.16. The highest BCUT2D eigenvalue weighted by Gasteiger charge is 2.17. The molecule has 1 heterocycles. The third-order valence-electron chi connectivity index (χ3n) is 4.16. The van der Waals surface area contributed by atoms with Crippen LogP contribution >= 0.6 is 0 Å². The van der Waals surface area contributed by atoms with Crippen molar-refractivity contribution in [3.05, 3.63) is 42.0 Å². The molecule has 0 aromatic heterocycles. The van der Waals surface area contributed by atoms with Crippen molar-refractivity contribution in [3.63, 3.8) is 0 Å². The number of ether oxygens (including phenoxy) is 3. The van der Waals surface area contributed by atoms with Gasteiger partial charge in [0.05, 0.1) is 19.3 Å². The summed E-state index contributed by atoms with van der Waals surface area (Å²) in [4.78, 5) is 12.3. The van der Waals surface area contributed by atoms with E-state index in [1.165, 1.54) is 0 Å². The molecular formula is C20H24N2O4. The Bertz CT molecular complexity index is 812. The monoisotopic (exact) mass is 356 g/mol. The van der Waals surface area contributed by atoms with Crippen LogP contribution in [0.5, 0.6) is 17.2 Å². The lowest BCUT2D eigenvalue weighted by atomic mass is 9.87. The molecule has 0 spiro atoms. The van der Waals surface area contributed by atoms with Crippen molar-refractivity contribution in [1.29, 1.82) is 0 Å². The fraction of sp³-hybridized carbons (Fsp3) is 0.350. The van der Waals surface area contributed by atoms with Crippen LogP contribution in [-0.4, -0.2) is 26.4 Å². The van der Waals surface area contributed by atoms with Gasteiger partial charge in [-0.25, -0.2) is 0 Å². The van der Waals surface area contributed by atoms with Gasteiger partial charge in [0.15, 0.2) is 11.5 Å². The van der Waals surface area contributed by atoms with Gasteiger partial charge in [0.1, 0.15) is 5.75 Å². The Morgan fingerprint density at radius 1 is 1.12 bits per heavy atom. The maximum atomic E-state index is 12.3. The van der Waals surface area contributed by atoms with Crippen molar-refractivity contribution < 1.29 is 19.0 Å². The number of methoxy groups -OCH3 is 1. The zero-order valence-corrected chi connectivity index (χ0v) is 15.5. The Hall–Kier alpha value is -2.89. The molecule has 0 saturated heterocycles. The van der Waals surface area contributed by atoms with Crippen LogP contribution < -0.4 is 24.8 Å². The van der Waals surface area contributed by atoms with Gasteiger partial charge in [0.2, 0.25) is 12.7 Å². The molecule has 0 unspecified atom stereocenters. The van der Waals surface area contributed by atoms with E-state index >= 15 is 0 Å². The van der Waals surface area contributed by atoms with Crippen molar-refractivity contribution in [1.82, 2.24) is 0 Å². The van der Waals surface area contributed by atoms with E-state index in [4.69, 9.17) is 14.2 Å². The zero-order chi connectivity index (χ0) is 18.7. The number of hydrogen-bond donors (Lipinski definition) is 2. The van der Waals surface area contributed by atoms with E-state index in [9.17, 15) is 4.79 Å². The average Bonchev–Trinajstić information content (AvgIpc) is 3.06. The smallest absolute Gasteiger partial charge is 0.243 e. The molecule has 6 nitrogen and oxygen atoms in total. The van der Waals surface area contributed by atoms with Gasteiger partial charge in [-0.1, -0.05) is 26.8 Å². The summed E-state index contributed by atoms with van der Waals surface area (Å²) in [6.45, 7) is 6.76. The number of anilines is 2. The Kier molecular flexibility index (Phi) is 4.93. The van der Waals surface area contributed by atoms with Crippen LogP contribution in [0.3, 0.4) is 0 Å². The van der Waals surface area contributed by atoms with Crippen LogP contribution in [0.4, 0.5) is 11.4 Å². The zero-order valence-electron chi connectivity index (χ0n) is 15.5. The van der Waals surface area contributed by atoms with Crippen LogP contribution in [0.15, 0.2) is 36.4 Å². The summed E-state index contributed by atoms with van der Waals surface area (Å²) >= 11 is 0.